The maximum atomic E-state index is 5.26. The summed E-state index contributed by atoms with van der Waals surface area (Å²) in [6.45, 7) is 0. The van der Waals surface area contributed by atoms with Gasteiger partial charge in [-0.1, -0.05) is 257 Å². The number of rotatable bonds is 12. The van der Waals surface area contributed by atoms with Crippen molar-refractivity contribution in [3.63, 3.8) is 0 Å². The van der Waals surface area contributed by atoms with Gasteiger partial charge < -0.3 is 0 Å². The third-order valence-electron chi connectivity index (χ3n) is 15.3. The highest BCUT2D eigenvalue weighted by molar-refractivity contribution is 7.20. The maximum absolute atomic E-state index is 5.26. The van der Waals surface area contributed by atoms with E-state index >= 15 is 0 Å². The van der Waals surface area contributed by atoms with Crippen molar-refractivity contribution < 1.29 is 0 Å². The summed E-state index contributed by atoms with van der Waals surface area (Å²) in [5.41, 5.74) is 8.55. The molecule has 2 fully saturated rings. The molecule has 356 valence electrons. The molecule has 0 radical (unpaired) electrons. The van der Waals surface area contributed by atoms with Gasteiger partial charge in [0.15, 0.2) is 43.0 Å². The maximum Gasteiger partial charge on any atom is 0.179 e. The van der Waals surface area contributed by atoms with Crippen LogP contribution in [0, 0.1) is 0 Å². The number of nitrogens with zero attached hydrogens (tertiary/aromatic N) is 6. The smallest absolute Gasteiger partial charge is 0.179 e. The summed E-state index contributed by atoms with van der Waals surface area (Å²) in [6, 6.07) is 78.9. The van der Waals surface area contributed by atoms with Crippen LogP contribution < -0.4 is 20.7 Å². The zero-order valence-electron chi connectivity index (χ0n) is 41.2. The normalized spacial score (nSPS) is 14.5. The predicted molar refractivity (Wildman–Crippen MR) is 301 cm³/mol. The molecule has 2 aliphatic rings. The molecule has 8 aromatic carbocycles. The molecule has 0 N–H and O–H groups in total. The molecule has 0 bridgehead atoms. The van der Waals surface area contributed by atoms with E-state index in [1.165, 1.54) is 96.1 Å². The van der Waals surface area contributed by atoms with Gasteiger partial charge in [0.1, 0.15) is 0 Å². The second-order valence-corrected chi connectivity index (χ2v) is 23.7. The van der Waals surface area contributed by atoms with Crippen LogP contribution in [0.2, 0.25) is 0 Å². The van der Waals surface area contributed by atoms with Gasteiger partial charge in [0.2, 0.25) is 0 Å². The lowest BCUT2D eigenvalue weighted by Gasteiger charge is -2.35. The van der Waals surface area contributed by atoms with Crippen molar-refractivity contribution in [3.05, 3.63) is 230 Å². The number of hydrogen-bond donors (Lipinski definition) is 0. The van der Waals surface area contributed by atoms with Gasteiger partial charge in [-0.3, -0.25) is 0 Å². The van der Waals surface area contributed by atoms with Gasteiger partial charge in [-0.25, -0.2) is 29.9 Å². The summed E-state index contributed by atoms with van der Waals surface area (Å²) in [5, 5.41) is 5.13. The summed E-state index contributed by atoms with van der Waals surface area (Å²) >= 11 is 0. The second-order valence-electron chi connectivity index (χ2n) is 19.9. The molecule has 73 heavy (non-hydrogen) atoms. The summed E-state index contributed by atoms with van der Waals surface area (Å²) < 4.78 is 0. The lowest BCUT2D eigenvalue weighted by Crippen LogP contribution is -2.74. The molecule has 0 aliphatic heterocycles. The van der Waals surface area contributed by atoms with Crippen LogP contribution in [0.25, 0.3) is 68.3 Å². The highest BCUT2D eigenvalue weighted by Gasteiger charge is 2.42. The highest BCUT2D eigenvalue weighted by atomic mass is 28.3. The fraction of sp³-hybridized carbons (Fsp3) is 0.182. The van der Waals surface area contributed by atoms with E-state index in [0.29, 0.717) is 46.8 Å². The Labute approximate surface area is 430 Å². The van der Waals surface area contributed by atoms with Gasteiger partial charge in [-0.05, 0) is 69.4 Å². The molecule has 2 heterocycles. The van der Waals surface area contributed by atoms with Crippen LogP contribution in [0.15, 0.2) is 218 Å². The Morgan fingerprint density at radius 2 is 0.521 bits per heavy atom. The summed E-state index contributed by atoms with van der Waals surface area (Å²) in [7, 11) is -3.23. The molecular weight excluding hydrogens is 905 g/mol. The van der Waals surface area contributed by atoms with E-state index in [0.717, 1.165) is 33.4 Å². The molecule has 2 aliphatic carbocycles. The highest BCUT2D eigenvalue weighted by Crippen LogP contribution is 2.35. The van der Waals surface area contributed by atoms with Crippen molar-refractivity contribution in [2.75, 3.05) is 0 Å². The van der Waals surface area contributed by atoms with Gasteiger partial charge in [0.05, 0.1) is 0 Å². The minimum Gasteiger partial charge on any atom is -0.208 e. The zero-order chi connectivity index (χ0) is 48.8. The Kier molecular flexibility index (Phi) is 13.3. The van der Waals surface area contributed by atoms with E-state index in [-0.39, 0.29) is 0 Å². The minimum atomic E-state index is -3.23. The third kappa shape index (κ3) is 9.61. The average Bonchev–Trinajstić information content (AvgIpc) is 3.49. The molecule has 2 aromatic heterocycles. The van der Waals surface area contributed by atoms with Gasteiger partial charge in [-0.15, -0.1) is 0 Å². The lowest BCUT2D eigenvalue weighted by molar-refractivity contribution is 0.443. The molecule has 2 saturated carbocycles. The van der Waals surface area contributed by atoms with Crippen molar-refractivity contribution in [2.24, 2.45) is 0 Å². The SMILES string of the molecule is c1ccc(-c2nc(-c3ccccc3)nc(-c3cccc([Si](c4ccc(C5CCCCC5)cc4)(c4ccc(C5CCCCC5)cc4)c4cccc(-c5nc(-c6ccccc6)nc(-c6ccccc6)n5)c4)c3)n2)cc1. The van der Waals surface area contributed by atoms with Gasteiger partial charge in [0, 0.05) is 33.4 Å². The van der Waals surface area contributed by atoms with E-state index in [2.05, 4.69) is 146 Å². The van der Waals surface area contributed by atoms with Crippen LogP contribution in [-0.4, -0.2) is 38.0 Å². The molecular formula is C66H58N6Si. The van der Waals surface area contributed by atoms with Crippen molar-refractivity contribution in [2.45, 2.75) is 76.0 Å². The third-order valence-corrected chi connectivity index (χ3v) is 20.1. The van der Waals surface area contributed by atoms with Crippen LogP contribution in [0.3, 0.4) is 0 Å². The molecule has 0 spiro atoms. The van der Waals surface area contributed by atoms with E-state index in [1.807, 2.05) is 72.8 Å². The Morgan fingerprint density at radius 3 is 0.822 bits per heavy atom. The largest absolute Gasteiger partial charge is 0.208 e. The van der Waals surface area contributed by atoms with Gasteiger partial charge >= 0.3 is 0 Å². The first-order valence-electron chi connectivity index (χ1n) is 26.3. The first-order chi connectivity index (χ1) is 36.2. The van der Waals surface area contributed by atoms with E-state index in [1.54, 1.807) is 0 Å². The molecule has 0 amide bonds. The molecule has 0 saturated heterocycles. The monoisotopic (exact) mass is 962 g/mol. The van der Waals surface area contributed by atoms with Crippen LogP contribution in [0.5, 0.6) is 0 Å². The zero-order valence-corrected chi connectivity index (χ0v) is 42.2. The number of hydrogen-bond acceptors (Lipinski definition) is 6. The number of aromatic nitrogens is 6. The van der Waals surface area contributed by atoms with E-state index in [9.17, 15) is 0 Å². The van der Waals surface area contributed by atoms with Crippen LogP contribution >= 0.6 is 0 Å². The quantitative estimate of drug-likeness (QED) is 0.0897. The van der Waals surface area contributed by atoms with E-state index < -0.39 is 8.07 Å². The van der Waals surface area contributed by atoms with Crippen LogP contribution in [0.4, 0.5) is 0 Å². The summed E-state index contributed by atoms with van der Waals surface area (Å²) in [5.74, 6) is 5.02. The Bertz CT molecular complexity index is 3100. The molecule has 6 nitrogen and oxygen atoms in total. The van der Waals surface area contributed by atoms with Crippen molar-refractivity contribution in [3.8, 4) is 68.3 Å². The molecule has 12 rings (SSSR count). The average molecular weight is 963 g/mol. The van der Waals surface area contributed by atoms with Crippen LogP contribution in [-0.2, 0) is 0 Å². The van der Waals surface area contributed by atoms with Crippen LogP contribution in [0.1, 0.15) is 87.2 Å². The predicted octanol–water partition coefficient (Wildman–Crippen LogP) is 13.5. The Hall–Kier alpha value is -8.00. The standard InChI is InChI=1S/C66H58N6Si/c1-7-21-47(22-8-1)49-37-41-57(42-38-49)73(58-43-39-50(40-44-58)48-23-9-2-10-24-48,59-35-19-33-55(45-59)65-69-61(51-25-11-3-12-26-51)67-62(70-65)52-27-13-4-14-28-52)60-36-20-34-56(46-60)66-71-63(53-29-15-5-16-30-53)68-64(72-66)54-31-17-6-18-32-54/h3-6,11-20,25-48H,1-2,7-10,21-24H2. The second kappa shape index (κ2) is 21.0. The van der Waals surface area contributed by atoms with Gasteiger partial charge in [-0.2, -0.15) is 0 Å². The molecule has 7 heteroatoms. The first-order valence-corrected chi connectivity index (χ1v) is 28.3. The van der Waals surface area contributed by atoms with Crippen molar-refractivity contribution in [1.82, 2.24) is 29.9 Å². The van der Waals surface area contributed by atoms with Crippen molar-refractivity contribution in [1.29, 1.82) is 0 Å². The summed E-state index contributed by atoms with van der Waals surface area (Å²) in [4.78, 5) is 31.2. The fourth-order valence-corrected chi connectivity index (χ4v) is 16.3. The van der Waals surface area contributed by atoms with E-state index in [4.69, 9.17) is 29.9 Å². The molecule has 0 unspecified atom stereocenters. The van der Waals surface area contributed by atoms with Crippen molar-refractivity contribution >= 4 is 28.8 Å². The first kappa shape index (κ1) is 46.1. The molecule has 0 atom stereocenters. The number of benzene rings is 8. The topological polar surface area (TPSA) is 77.3 Å². The fourth-order valence-electron chi connectivity index (χ4n) is 11.5. The molecule has 10 aromatic rings. The lowest BCUT2D eigenvalue weighted by atomic mass is 9.84. The Balaban J connectivity index is 1.09. The Morgan fingerprint density at radius 1 is 0.247 bits per heavy atom. The van der Waals surface area contributed by atoms with Gasteiger partial charge in [0.25, 0.3) is 0 Å². The summed E-state index contributed by atoms with van der Waals surface area (Å²) in [6.07, 6.45) is 12.8. The minimum absolute atomic E-state index is 0.586.